The highest BCUT2D eigenvalue weighted by Crippen LogP contribution is 2.20. The zero-order valence-corrected chi connectivity index (χ0v) is 9.51. The minimum Gasteiger partial charge on any atom is -0.478 e. The summed E-state index contributed by atoms with van der Waals surface area (Å²) in [7, 11) is 0. The molecule has 0 aliphatic rings. The number of rotatable bonds is 3. The second kappa shape index (κ2) is 4.12. The van der Waals surface area contributed by atoms with Crippen LogP contribution in [0.1, 0.15) is 24.2 Å². The van der Waals surface area contributed by atoms with Crippen molar-refractivity contribution in [2.75, 3.05) is 0 Å². The molecule has 0 amide bonds. The highest BCUT2D eigenvalue weighted by Gasteiger charge is 2.20. The summed E-state index contributed by atoms with van der Waals surface area (Å²) in [5.41, 5.74) is 0.267. The monoisotopic (exact) mass is 237 g/mol. The van der Waals surface area contributed by atoms with Crippen LogP contribution in [0.15, 0.2) is 12.1 Å². The Morgan fingerprint density at radius 3 is 2.82 bits per heavy atom. The topological polar surface area (TPSA) is 68.0 Å². The van der Waals surface area contributed by atoms with E-state index in [1.54, 1.807) is 0 Å². The molecule has 1 heterocycles. The third kappa shape index (κ3) is 1.98. The van der Waals surface area contributed by atoms with Crippen molar-refractivity contribution in [3.8, 4) is 0 Å². The van der Waals surface area contributed by atoms with Crippen LogP contribution in [0, 0.1) is 11.7 Å². The number of hydrogen-bond donors (Lipinski definition) is 1. The van der Waals surface area contributed by atoms with Crippen LogP contribution in [0.5, 0.6) is 0 Å². The van der Waals surface area contributed by atoms with Crippen LogP contribution < -0.4 is 0 Å². The summed E-state index contributed by atoms with van der Waals surface area (Å²) in [4.78, 5) is 11.1. The molecule has 1 N–H and O–H groups in total. The van der Waals surface area contributed by atoms with E-state index in [4.69, 9.17) is 5.11 Å². The van der Waals surface area contributed by atoms with Crippen LogP contribution in [0.25, 0.3) is 11.0 Å². The lowest BCUT2D eigenvalue weighted by atomic mass is 10.1. The van der Waals surface area contributed by atoms with Gasteiger partial charge in [-0.1, -0.05) is 19.1 Å². The van der Waals surface area contributed by atoms with Crippen LogP contribution >= 0.6 is 0 Å². The zero-order chi connectivity index (χ0) is 12.6. The van der Waals surface area contributed by atoms with Gasteiger partial charge in [-0.3, -0.25) is 0 Å². The molecule has 0 fully saturated rings. The molecule has 0 aliphatic heterocycles. The molecule has 6 heteroatoms. The van der Waals surface area contributed by atoms with E-state index in [0.29, 0.717) is 12.1 Å². The van der Waals surface area contributed by atoms with Gasteiger partial charge in [-0.05, 0) is 18.1 Å². The number of fused-ring (bicyclic) bond motifs is 1. The van der Waals surface area contributed by atoms with Gasteiger partial charge in [0.15, 0.2) is 0 Å². The second-order valence-corrected chi connectivity index (χ2v) is 4.26. The Balaban J connectivity index is 2.71. The molecule has 0 atom stereocenters. The molecule has 0 spiro atoms. The molecule has 2 rings (SSSR count). The Hall–Kier alpha value is -1.98. The van der Waals surface area contributed by atoms with E-state index in [9.17, 15) is 9.18 Å². The third-order valence-corrected chi connectivity index (χ3v) is 2.38. The smallest absolute Gasteiger partial charge is 0.340 e. The molecule has 2 aromatic rings. The van der Waals surface area contributed by atoms with Crippen LogP contribution in [0.4, 0.5) is 4.39 Å². The lowest BCUT2D eigenvalue weighted by molar-refractivity contribution is 0.0693. The summed E-state index contributed by atoms with van der Waals surface area (Å²) in [6, 6.07) is 2.53. The number of hydrogen-bond acceptors (Lipinski definition) is 3. The van der Waals surface area contributed by atoms with Crippen LogP contribution in [-0.2, 0) is 6.54 Å². The fraction of sp³-hybridized carbons (Fsp3) is 0.364. The van der Waals surface area contributed by atoms with Crippen molar-refractivity contribution in [2.45, 2.75) is 20.4 Å². The van der Waals surface area contributed by atoms with E-state index >= 15 is 0 Å². The summed E-state index contributed by atoms with van der Waals surface area (Å²) in [6.07, 6.45) is 0. The Bertz CT molecular complexity index is 577. The predicted molar refractivity (Wildman–Crippen MR) is 59.3 cm³/mol. The van der Waals surface area contributed by atoms with Gasteiger partial charge in [0, 0.05) is 6.54 Å². The lowest BCUT2D eigenvalue weighted by Crippen LogP contribution is -2.10. The Kier molecular flexibility index (Phi) is 2.79. The number of nitrogens with zero attached hydrogens (tertiary/aromatic N) is 3. The van der Waals surface area contributed by atoms with Gasteiger partial charge in [0.25, 0.3) is 0 Å². The Labute approximate surface area is 96.9 Å². The van der Waals surface area contributed by atoms with Gasteiger partial charge >= 0.3 is 5.97 Å². The molecule has 0 saturated carbocycles. The van der Waals surface area contributed by atoms with Crippen LogP contribution in [0.2, 0.25) is 0 Å². The third-order valence-electron chi connectivity index (χ3n) is 2.38. The van der Waals surface area contributed by atoms with Crippen molar-refractivity contribution < 1.29 is 14.3 Å². The van der Waals surface area contributed by atoms with E-state index < -0.39 is 11.8 Å². The minimum absolute atomic E-state index is 0.242. The first-order valence-electron chi connectivity index (χ1n) is 5.25. The van der Waals surface area contributed by atoms with E-state index in [1.807, 2.05) is 13.8 Å². The Morgan fingerprint density at radius 2 is 2.24 bits per heavy atom. The molecular weight excluding hydrogens is 225 g/mol. The molecule has 5 nitrogen and oxygen atoms in total. The SMILES string of the molecule is CC(C)Cn1nnc2ccc(F)c(C(=O)O)c21. The maximum absolute atomic E-state index is 13.5. The molecule has 1 aromatic heterocycles. The summed E-state index contributed by atoms with van der Waals surface area (Å²) in [5, 5.41) is 16.7. The van der Waals surface area contributed by atoms with Gasteiger partial charge in [0.1, 0.15) is 22.4 Å². The number of carboxylic acid groups (broad SMARTS) is 1. The summed E-state index contributed by atoms with van der Waals surface area (Å²) >= 11 is 0. The number of carbonyl (C=O) groups is 1. The average molecular weight is 237 g/mol. The van der Waals surface area contributed by atoms with Crippen molar-refractivity contribution in [1.82, 2.24) is 15.0 Å². The summed E-state index contributed by atoms with van der Waals surface area (Å²) in [5.74, 6) is -1.80. The number of carboxylic acids is 1. The van der Waals surface area contributed by atoms with E-state index in [-0.39, 0.29) is 17.0 Å². The molecular formula is C11H12FN3O2. The normalized spacial score (nSPS) is 11.3. The fourth-order valence-electron chi connectivity index (χ4n) is 1.72. The second-order valence-electron chi connectivity index (χ2n) is 4.26. The first-order chi connectivity index (χ1) is 8.00. The van der Waals surface area contributed by atoms with Gasteiger partial charge in [0.05, 0.1) is 0 Å². The van der Waals surface area contributed by atoms with Crippen molar-refractivity contribution >= 4 is 17.0 Å². The standard InChI is InChI=1S/C11H12FN3O2/c1-6(2)5-15-10-8(13-14-15)4-3-7(12)9(10)11(16)17/h3-4,6H,5H2,1-2H3,(H,16,17). The quantitative estimate of drug-likeness (QED) is 0.885. The van der Waals surface area contributed by atoms with Gasteiger partial charge in [-0.2, -0.15) is 0 Å². The van der Waals surface area contributed by atoms with E-state index in [1.165, 1.54) is 10.7 Å². The van der Waals surface area contributed by atoms with Crippen LogP contribution in [0.3, 0.4) is 0 Å². The van der Waals surface area contributed by atoms with Gasteiger partial charge in [0.2, 0.25) is 0 Å². The number of benzene rings is 1. The van der Waals surface area contributed by atoms with Crippen molar-refractivity contribution in [2.24, 2.45) is 5.92 Å². The largest absolute Gasteiger partial charge is 0.478 e. The van der Waals surface area contributed by atoms with Gasteiger partial charge in [-0.25, -0.2) is 13.9 Å². The zero-order valence-electron chi connectivity index (χ0n) is 9.51. The lowest BCUT2D eigenvalue weighted by Gasteiger charge is -2.07. The van der Waals surface area contributed by atoms with Crippen molar-refractivity contribution in [3.05, 3.63) is 23.5 Å². The minimum atomic E-state index is -1.31. The molecule has 0 unspecified atom stereocenters. The number of aromatic carboxylic acids is 1. The number of aromatic nitrogens is 3. The van der Waals surface area contributed by atoms with E-state index in [2.05, 4.69) is 10.3 Å². The number of halogens is 1. The highest BCUT2D eigenvalue weighted by molar-refractivity contribution is 6.01. The maximum Gasteiger partial charge on any atom is 0.340 e. The predicted octanol–water partition coefficient (Wildman–Crippen LogP) is 1.92. The van der Waals surface area contributed by atoms with Crippen LogP contribution in [-0.4, -0.2) is 26.1 Å². The molecule has 90 valence electrons. The van der Waals surface area contributed by atoms with Crippen molar-refractivity contribution in [1.29, 1.82) is 0 Å². The summed E-state index contributed by atoms with van der Waals surface area (Å²) in [6.45, 7) is 4.43. The first kappa shape index (κ1) is 11.5. The molecule has 0 saturated heterocycles. The molecule has 0 bridgehead atoms. The molecule has 17 heavy (non-hydrogen) atoms. The van der Waals surface area contributed by atoms with Gasteiger partial charge in [-0.15, -0.1) is 5.10 Å². The first-order valence-corrected chi connectivity index (χ1v) is 5.25. The molecule has 1 aromatic carbocycles. The van der Waals surface area contributed by atoms with Crippen molar-refractivity contribution in [3.63, 3.8) is 0 Å². The molecule has 0 aliphatic carbocycles. The highest BCUT2D eigenvalue weighted by atomic mass is 19.1. The van der Waals surface area contributed by atoms with E-state index in [0.717, 1.165) is 6.07 Å². The maximum atomic E-state index is 13.5. The fourth-order valence-corrected chi connectivity index (χ4v) is 1.72. The average Bonchev–Trinajstić information content (AvgIpc) is 2.60. The summed E-state index contributed by atoms with van der Waals surface area (Å²) < 4.78 is 15.0. The van der Waals surface area contributed by atoms with Gasteiger partial charge < -0.3 is 5.11 Å². The Morgan fingerprint density at radius 1 is 1.53 bits per heavy atom. The molecule has 0 radical (unpaired) electrons.